The summed E-state index contributed by atoms with van der Waals surface area (Å²) in [5.74, 6) is -1.88. The molecule has 3 aromatic heterocycles. The van der Waals surface area contributed by atoms with E-state index in [4.69, 9.17) is 25.5 Å². The number of nitrogens with two attached hydrogens (primary N) is 1. The number of hydrogen-bond donors (Lipinski definition) is 8. The molecule has 0 aliphatic heterocycles. The average molecular weight is 1180 g/mol. The largest absolute Gasteiger partial charge is 0.505 e. The summed E-state index contributed by atoms with van der Waals surface area (Å²) in [5, 5.41) is 80.3. The number of primary amides is 1. The number of thioether (sulfide) groups is 1. The summed E-state index contributed by atoms with van der Waals surface area (Å²) in [7, 11) is -13.3. The van der Waals surface area contributed by atoms with Crippen molar-refractivity contribution < 1.29 is 87.9 Å². The number of aryl methyl sites for hydroxylation is 1. The Morgan fingerprint density at radius 3 is 2.17 bits per heavy atom. The molecule has 7 rings (SSSR count). The zero-order chi connectivity index (χ0) is 54.8. The third-order valence-corrected chi connectivity index (χ3v) is 14.6. The molecule has 0 atom stereocenters. The number of phenols is 1. The molecule has 75 heavy (non-hydrogen) atoms. The molecule has 0 aliphatic rings. The van der Waals surface area contributed by atoms with Crippen LogP contribution in [-0.4, -0.2) is 115 Å². The van der Waals surface area contributed by atoms with Crippen molar-refractivity contribution in [3.63, 3.8) is 0 Å². The first-order chi connectivity index (χ1) is 35.4. The van der Waals surface area contributed by atoms with Crippen molar-refractivity contribution in [1.82, 2.24) is 19.6 Å². The maximum atomic E-state index is 13.1. The fourth-order valence-electron chi connectivity index (χ4n) is 6.54. The Morgan fingerprint density at radius 2 is 1.49 bits per heavy atom. The van der Waals surface area contributed by atoms with Crippen molar-refractivity contribution in [3.05, 3.63) is 71.3 Å². The number of para-hydroxylation sites is 2. The summed E-state index contributed by atoms with van der Waals surface area (Å²) < 4.78 is 111. The molecule has 0 aliphatic carbocycles. The van der Waals surface area contributed by atoms with Crippen LogP contribution in [0.25, 0.3) is 27.5 Å². The molecule has 0 radical (unpaired) electrons. The average Bonchev–Trinajstić information content (AvgIpc) is 3.95. The maximum absolute atomic E-state index is 13.1. The zero-order valence-electron chi connectivity index (χ0n) is 38.2. The molecule has 0 unspecified atom stereocenters. The molecule has 0 saturated carbocycles. The molecule has 0 fully saturated rings. The van der Waals surface area contributed by atoms with Gasteiger partial charge in [-0.1, -0.05) is 45.3 Å². The highest BCUT2D eigenvalue weighted by Gasteiger charge is 2.27. The third-order valence-electron chi connectivity index (χ3n) is 9.47. The molecule has 7 aromatic rings. The lowest BCUT2D eigenvalue weighted by molar-refractivity contribution is -0.432. The van der Waals surface area contributed by atoms with Crippen molar-refractivity contribution >= 4 is 144 Å². The molecule has 1 amide bonds. The summed E-state index contributed by atoms with van der Waals surface area (Å²) in [6, 6.07) is 12.8. The molecule has 9 N–H and O–H groups in total. The Kier molecular flexibility index (Phi) is 19.5. The highest BCUT2D eigenvalue weighted by Crippen LogP contribution is 2.48. The lowest BCUT2D eigenvalue weighted by Crippen LogP contribution is -2.15. The Labute approximate surface area is 439 Å². The number of aromatic hydroxyl groups is 2. The van der Waals surface area contributed by atoms with E-state index in [1.807, 2.05) is 0 Å². The lowest BCUT2D eigenvalue weighted by Gasteiger charge is -2.14. The molecular weight excluding hydrogens is 1140 g/mol. The van der Waals surface area contributed by atoms with Gasteiger partial charge in [-0.05, 0) is 67.8 Å². The number of benzene rings is 4. The van der Waals surface area contributed by atoms with Gasteiger partial charge in [0, 0.05) is 40.4 Å². The van der Waals surface area contributed by atoms with Gasteiger partial charge in [0.05, 0.1) is 57.8 Å². The topological polar surface area (TPSA) is 451 Å². The van der Waals surface area contributed by atoms with Gasteiger partial charge in [0.1, 0.15) is 33.4 Å². The van der Waals surface area contributed by atoms with Crippen LogP contribution in [0.2, 0.25) is 0 Å². The minimum atomic E-state index is -5.26. The van der Waals surface area contributed by atoms with Crippen molar-refractivity contribution in [2.24, 2.45) is 36.4 Å². The van der Waals surface area contributed by atoms with Crippen LogP contribution in [0.3, 0.4) is 0 Å². The molecule has 37 heteroatoms. The third kappa shape index (κ3) is 15.3. The zero-order valence-corrected chi connectivity index (χ0v) is 43.9. The number of carbonyl (C=O) groups is 1. The number of pyridine rings is 1. The highest BCUT2D eigenvalue weighted by atomic mass is 32.2. The first-order valence-corrected chi connectivity index (χ1v) is 28.6. The van der Waals surface area contributed by atoms with Gasteiger partial charge in [-0.25, -0.2) is 15.5 Å². The summed E-state index contributed by atoms with van der Waals surface area (Å²) >= 11 is 3.57. The summed E-state index contributed by atoms with van der Waals surface area (Å²) in [6.45, 7) is 2.79. The first-order valence-electron chi connectivity index (χ1n) is 20.2. The number of amides is 1. The Hall–Kier alpha value is -6.14. The van der Waals surface area contributed by atoms with Crippen LogP contribution in [0, 0.1) is 13.8 Å². The van der Waals surface area contributed by atoms with Gasteiger partial charge in [-0.2, -0.15) is 25.3 Å². The van der Waals surface area contributed by atoms with Crippen molar-refractivity contribution in [2.45, 2.75) is 34.4 Å². The molecular formula is C38H37N11O19S7. The van der Waals surface area contributed by atoms with Crippen LogP contribution in [0.1, 0.15) is 27.9 Å². The summed E-state index contributed by atoms with van der Waals surface area (Å²) in [6.07, 6.45) is 0.560. The van der Waals surface area contributed by atoms with Crippen LogP contribution in [-0.2, 0) is 49.1 Å². The van der Waals surface area contributed by atoms with Gasteiger partial charge in [0.2, 0.25) is 5.88 Å². The second-order valence-corrected chi connectivity index (χ2v) is 22.9. The van der Waals surface area contributed by atoms with Gasteiger partial charge in [-0.15, -0.1) is 49.6 Å². The predicted octanol–water partition coefficient (Wildman–Crippen LogP) is 8.86. The van der Waals surface area contributed by atoms with Gasteiger partial charge < -0.3 is 20.7 Å². The van der Waals surface area contributed by atoms with E-state index in [0.717, 1.165) is 35.5 Å². The number of ether oxygens (including phenoxy) is 1. The van der Waals surface area contributed by atoms with Crippen LogP contribution < -0.4 is 10.5 Å². The minimum absolute atomic E-state index is 0.0181. The first kappa shape index (κ1) is 58.1. The molecule has 0 bridgehead atoms. The number of azo groups is 3. The molecule has 400 valence electrons. The van der Waals surface area contributed by atoms with E-state index in [0.29, 0.717) is 38.7 Å². The molecule has 4 aromatic carbocycles. The van der Waals surface area contributed by atoms with Gasteiger partial charge in [0.15, 0.2) is 15.7 Å². The molecule has 0 spiro atoms. The standard InChI is InChI=1S/C37H33N11O16S6.CH4O3S/c1-17-14-24(26(60-10-5-13-69(54,55)56)16-23(17)41-45-36-46-47-37(67-36)65-11-12-66-63-61-52)42-44-30-27(68-64-62-53)15-20-19(31(30)49)8-9-22(32(20)70(57,58)59)40-43-29-18(2)28(33(38)50)34-39-21-6-3-4-7-25(21)48(34)35(29)51;1-5(2,3)4/h3-4,6-9,14-16,49,51-53H,5,10-13H2,1-2H3,(H2,38,50)(H,54,55,56)(H,57,58,59);1H3,(H,2,3,4). The number of fused-ring (bicyclic) bond motifs is 4. The number of nitrogens with zero attached hydrogens (tertiary/aromatic N) is 10. The van der Waals surface area contributed by atoms with Crippen molar-refractivity contribution in [3.8, 4) is 17.4 Å². The Morgan fingerprint density at radius 1 is 0.813 bits per heavy atom. The number of aromatic nitrogens is 4. The lowest BCUT2D eigenvalue weighted by atomic mass is 10.1. The van der Waals surface area contributed by atoms with Gasteiger partial charge in [0.25, 0.3) is 41.4 Å². The number of carbonyl (C=O) groups excluding carboxylic acids is 1. The predicted molar refractivity (Wildman–Crippen MR) is 269 cm³/mol. The molecule has 0 saturated heterocycles. The minimum Gasteiger partial charge on any atom is -0.505 e. The van der Waals surface area contributed by atoms with Crippen molar-refractivity contribution in [1.29, 1.82) is 0 Å². The summed E-state index contributed by atoms with van der Waals surface area (Å²) in [5.41, 5.74) is 5.89. The van der Waals surface area contributed by atoms with E-state index in [2.05, 4.69) is 64.6 Å². The Bertz CT molecular complexity index is 3720. The van der Waals surface area contributed by atoms with Crippen molar-refractivity contribution in [2.75, 3.05) is 30.1 Å². The van der Waals surface area contributed by atoms with E-state index in [-0.39, 0.29) is 85.5 Å². The monoisotopic (exact) mass is 1180 g/mol. The number of rotatable bonds is 22. The molecule has 3 heterocycles. The highest BCUT2D eigenvalue weighted by molar-refractivity contribution is 8.02. The number of hydrogen-bond acceptors (Lipinski definition) is 29. The van der Waals surface area contributed by atoms with Crippen LogP contribution in [0.5, 0.6) is 17.4 Å². The van der Waals surface area contributed by atoms with E-state index in [1.54, 1.807) is 31.2 Å². The van der Waals surface area contributed by atoms with Crippen LogP contribution in [0.15, 0.2) is 99.4 Å². The Balaban J connectivity index is 0.00000174. The fourth-order valence-corrected chi connectivity index (χ4v) is 10.4. The smallest absolute Gasteiger partial charge is 0.297 e. The quantitative estimate of drug-likeness (QED) is 0.00597. The second kappa shape index (κ2) is 25.1. The summed E-state index contributed by atoms with van der Waals surface area (Å²) in [4.78, 5) is 16.0. The molecule has 30 nitrogen and oxygen atoms in total. The van der Waals surface area contributed by atoms with Gasteiger partial charge >= 0.3 is 0 Å². The maximum Gasteiger partial charge on any atom is 0.297 e. The number of imidazole rings is 1. The SMILES string of the molecule is CS(=O)(=O)O.Cc1cc(N=Nc2c(SOOO)cc3c(S(=O)(=O)O)c(N=Nc4c(C)c(C(N)=O)c5nc6ccccc6n5c4O)ccc3c2O)c(OCCCS(=O)(=O)O)cc1N=Nc1nnc(SCCSOOO)s1. The normalized spacial score (nSPS) is 12.5. The fraction of sp³-hybridized carbons (Fsp3) is 0.211. The van der Waals surface area contributed by atoms with E-state index >= 15 is 0 Å². The van der Waals surface area contributed by atoms with E-state index in [1.165, 1.54) is 41.3 Å². The second-order valence-electron chi connectivity index (χ2n) is 14.7. The van der Waals surface area contributed by atoms with E-state index in [9.17, 15) is 49.4 Å². The van der Waals surface area contributed by atoms with Gasteiger partial charge in [-0.3, -0.25) is 22.9 Å². The van der Waals surface area contributed by atoms with E-state index < -0.39 is 69.9 Å². The van der Waals surface area contributed by atoms with Crippen LogP contribution in [0.4, 0.5) is 33.6 Å². The van der Waals surface area contributed by atoms with Crippen LogP contribution >= 0.6 is 47.2 Å². The number of phenolic OH excluding ortho intramolecular Hbond substituents is 1.